The first kappa shape index (κ1) is 12.6. The van der Waals surface area contributed by atoms with Crippen molar-refractivity contribution in [2.75, 3.05) is 6.54 Å². The van der Waals surface area contributed by atoms with E-state index in [0.29, 0.717) is 12.0 Å². The van der Waals surface area contributed by atoms with Gasteiger partial charge in [0.2, 0.25) is 0 Å². The van der Waals surface area contributed by atoms with Gasteiger partial charge in [-0.3, -0.25) is 4.98 Å². The van der Waals surface area contributed by atoms with Crippen LogP contribution in [0.3, 0.4) is 0 Å². The van der Waals surface area contributed by atoms with Gasteiger partial charge >= 0.3 is 0 Å². The van der Waals surface area contributed by atoms with E-state index in [1.165, 1.54) is 37.7 Å². The van der Waals surface area contributed by atoms with Gasteiger partial charge in [0.25, 0.3) is 0 Å². The zero-order chi connectivity index (χ0) is 12.1. The SMILES string of the molecule is CCNC1CCCCC(c2ccc(C)nc2)C1. The minimum atomic E-state index is 0.703. The quantitative estimate of drug-likeness (QED) is 0.808. The first-order valence-electron chi connectivity index (χ1n) is 6.95. The number of hydrogen-bond acceptors (Lipinski definition) is 2. The summed E-state index contributed by atoms with van der Waals surface area (Å²) in [5.74, 6) is 0.703. The van der Waals surface area contributed by atoms with Gasteiger partial charge in [-0.1, -0.05) is 25.8 Å². The third-order valence-electron chi connectivity index (χ3n) is 3.82. The molecule has 1 saturated carbocycles. The number of rotatable bonds is 3. The molecule has 2 nitrogen and oxygen atoms in total. The summed E-state index contributed by atoms with van der Waals surface area (Å²) in [6.07, 6.45) is 8.75. The maximum Gasteiger partial charge on any atom is 0.0372 e. The Hall–Kier alpha value is -0.890. The van der Waals surface area contributed by atoms with Crippen LogP contribution in [-0.4, -0.2) is 17.6 Å². The molecule has 1 aliphatic rings. The summed E-state index contributed by atoms with van der Waals surface area (Å²) in [5.41, 5.74) is 2.55. The van der Waals surface area contributed by atoms with E-state index in [0.717, 1.165) is 12.2 Å². The summed E-state index contributed by atoms with van der Waals surface area (Å²) in [7, 11) is 0. The van der Waals surface area contributed by atoms with Crippen molar-refractivity contribution in [1.29, 1.82) is 0 Å². The van der Waals surface area contributed by atoms with Crippen molar-refractivity contribution in [3.05, 3.63) is 29.6 Å². The summed E-state index contributed by atoms with van der Waals surface area (Å²) < 4.78 is 0. The van der Waals surface area contributed by atoms with Crippen LogP contribution in [-0.2, 0) is 0 Å². The van der Waals surface area contributed by atoms with Gasteiger partial charge in [-0.05, 0) is 50.3 Å². The fourth-order valence-electron chi connectivity index (χ4n) is 2.86. The number of nitrogens with one attached hydrogen (secondary N) is 1. The molecule has 94 valence electrons. The van der Waals surface area contributed by atoms with Crippen LogP contribution in [0.5, 0.6) is 0 Å². The molecule has 17 heavy (non-hydrogen) atoms. The predicted octanol–water partition coefficient (Wildman–Crippen LogP) is 3.42. The molecule has 1 aromatic rings. The lowest BCUT2D eigenvalue weighted by Crippen LogP contribution is -2.29. The summed E-state index contributed by atoms with van der Waals surface area (Å²) in [6.45, 7) is 5.34. The van der Waals surface area contributed by atoms with Crippen molar-refractivity contribution in [2.24, 2.45) is 0 Å². The Labute approximate surface area is 105 Å². The molecule has 0 aliphatic heterocycles. The minimum absolute atomic E-state index is 0.703. The molecule has 1 aliphatic carbocycles. The Morgan fingerprint density at radius 3 is 2.82 bits per heavy atom. The monoisotopic (exact) mass is 232 g/mol. The van der Waals surface area contributed by atoms with Crippen molar-refractivity contribution < 1.29 is 0 Å². The largest absolute Gasteiger partial charge is 0.314 e. The summed E-state index contributed by atoms with van der Waals surface area (Å²) in [6, 6.07) is 5.11. The molecular formula is C15H24N2. The highest BCUT2D eigenvalue weighted by atomic mass is 14.9. The third-order valence-corrected chi connectivity index (χ3v) is 3.82. The molecule has 2 heteroatoms. The zero-order valence-electron chi connectivity index (χ0n) is 11.1. The van der Waals surface area contributed by atoms with Crippen molar-refractivity contribution in [1.82, 2.24) is 10.3 Å². The Morgan fingerprint density at radius 1 is 1.29 bits per heavy atom. The number of aromatic nitrogens is 1. The maximum absolute atomic E-state index is 4.44. The molecule has 0 saturated heterocycles. The molecule has 0 bridgehead atoms. The second kappa shape index (κ2) is 6.15. The fraction of sp³-hybridized carbons (Fsp3) is 0.667. The second-order valence-electron chi connectivity index (χ2n) is 5.20. The lowest BCUT2D eigenvalue weighted by molar-refractivity contribution is 0.449. The first-order chi connectivity index (χ1) is 8.29. The molecule has 0 spiro atoms. The molecule has 2 rings (SSSR count). The Morgan fingerprint density at radius 2 is 2.12 bits per heavy atom. The minimum Gasteiger partial charge on any atom is -0.314 e. The summed E-state index contributed by atoms with van der Waals surface area (Å²) >= 11 is 0. The molecule has 1 aromatic heterocycles. The van der Waals surface area contributed by atoms with E-state index in [1.807, 2.05) is 0 Å². The molecule has 2 atom stereocenters. The summed E-state index contributed by atoms with van der Waals surface area (Å²) in [5, 5.41) is 3.62. The standard InChI is InChI=1S/C15H24N2/c1-3-16-15-7-5-4-6-13(10-15)14-9-8-12(2)17-11-14/h8-9,11,13,15-16H,3-7,10H2,1-2H3. The summed E-state index contributed by atoms with van der Waals surface area (Å²) in [4.78, 5) is 4.44. The molecule has 1 fully saturated rings. The van der Waals surface area contributed by atoms with Crippen molar-refractivity contribution in [2.45, 2.75) is 57.9 Å². The highest BCUT2D eigenvalue weighted by Crippen LogP contribution is 2.31. The lowest BCUT2D eigenvalue weighted by Gasteiger charge is -2.20. The van der Waals surface area contributed by atoms with Gasteiger partial charge in [-0.2, -0.15) is 0 Å². The van der Waals surface area contributed by atoms with E-state index in [-0.39, 0.29) is 0 Å². The third kappa shape index (κ3) is 3.53. The highest BCUT2D eigenvalue weighted by molar-refractivity contribution is 5.18. The maximum atomic E-state index is 4.44. The van der Waals surface area contributed by atoms with Crippen LogP contribution in [0.1, 0.15) is 56.2 Å². The molecule has 1 N–H and O–H groups in total. The lowest BCUT2D eigenvalue weighted by atomic mass is 9.91. The number of hydrogen-bond donors (Lipinski definition) is 1. The van der Waals surface area contributed by atoms with E-state index in [1.54, 1.807) is 0 Å². The van der Waals surface area contributed by atoms with Crippen LogP contribution >= 0.6 is 0 Å². The molecular weight excluding hydrogens is 208 g/mol. The van der Waals surface area contributed by atoms with E-state index in [4.69, 9.17) is 0 Å². The Balaban J connectivity index is 2.05. The highest BCUT2D eigenvalue weighted by Gasteiger charge is 2.20. The van der Waals surface area contributed by atoms with Gasteiger partial charge in [0.05, 0.1) is 0 Å². The predicted molar refractivity (Wildman–Crippen MR) is 72.3 cm³/mol. The average molecular weight is 232 g/mol. The van der Waals surface area contributed by atoms with Crippen LogP contribution in [0.25, 0.3) is 0 Å². The topological polar surface area (TPSA) is 24.9 Å². The van der Waals surface area contributed by atoms with Gasteiger partial charge in [0.15, 0.2) is 0 Å². The van der Waals surface area contributed by atoms with Crippen LogP contribution in [0, 0.1) is 6.92 Å². The molecule has 0 amide bonds. The van der Waals surface area contributed by atoms with Gasteiger partial charge in [-0.15, -0.1) is 0 Å². The van der Waals surface area contributed by atoms with E-state index >= 15 is 0 Å². The average Bonchev–Trinajstić information content (AvgIpc) is 2.56. The molecule has 2 unspecified atom stereocenters. The Bertz CT molecular complexity index is 331. The van der Waals surface area contributed by atoms with E-state index in [9.17, 15) is 0 Å². The fourth-order valence-corrected chi connectivity index (χ4v) is 2.86. The molecule has 0 aromatic carbocycles. The molecule has 1 heterocycles. The van der Waals surface area contributed by atoms with Crippen LogP contribution < -0.4 is 5.32 Å². The number of aryl methyl sites for hydroxylation is 1. The van der Waals surface area contributed by atoms with Crippen LogP contribution in [0.15, 0.2) is 18.3 Å². The van der Waals surface area contributed by atoms with E-state index < -0.39 is 0 Å². The van der Waals surface area contributed by atoms with Crippen molar-refractivity contribution in [3.8, 4) is 0 Å². The van der Waals surface area contributed by atoms with Crippen LogP contribution in [0.2, 0.25) is 0 Å². The van der Waals surface area contributed by atoms with Gasteiger partial charge in [-0.25, -0.2) is 0 Å². The number of nitrogens with zero attached hydrogens (tertiary/aromatic N) is 1. The first-order valence-corrected chi connectivity index (χ1v) is 6.95. The van der Waals surface area contributed by atoms with Crippen LogP contribution in [0.4, 0.5) is 0 Å². The second-order valence-corrected chi connectivity index (χ2v) is 5.20. The molecule has 0 radical (unpaired) electrons. The van der Waals surface area contributed by atoms with Crippen molar-refractivity contribution in [3.63, 3.8) is 0 Å². The van der Waals surface area contributed by atoms with E-state index in [2.05, 4.69) is 42.5 Å². The zero-order valence-corrected chi connectivity index (χ0v) is 11.1. The smallest absolute Gasteiger partial charge is 0.0372 e. The van der Waals surface area contributed by atoms with Gasteiger partial charge in [0, 0.05) is 17.9 Å². The number of pyridine rings is 1. The van der Waals surface area contributed by atoms with Crippen molar-refractivity contribution >= 4 is 0 Å². The normalized spacial score (nSPS) is 25.5. The van der Waals surface area contributed by atoms with Gasteiger partial charge in [0.1, 0.15) is 0 Å². The van der Waals surface area contributed by atoms with Gasteiger partial charge < -0.3 is 5.32 Å². The Kier molecular flexibility index (Phi) is 4.55.